The number of nitrogens with one attached hydrogen (secondary N) is 2. The molecule has 2 heterocycles. The van der Waals surface area contributed by atoms with Gasteiger partial charge in [-0.15, -0.1) is 22.7 Å². The quantitative estimate of drug-likeness (QED) is 0.631. The normalized spacial score (nSPS) is 10.4. The first kappa shape index (κ1) is 16.8. The molecule has 0 radical (unpaired) electrons. The average Bonchev–Trinajstić information content (AvgIpc) is 3.22. The van der Waals surface area contributed by atoms with E-state index in [0.717, 1.165) is 14.4 Å². The molecule has 0 aliphatic rings. The van der Waals surface area contributed by atoms with Crippen LogP contribution in [0.2, 0.25) is 0 Å². The van der Waals surface area contributed by atoms with Crippen LogP contribution in [-0.2, 0) is 6.42 Å². The van der Waals surface area contributed by atoms with Crippen molar-refractivity contribution in [2.75, 3.05) is 0 Å². The fourth-order valence-corrected chi connectivity index (χ4v) is 4.03. The standard InChI is InChI=1S/C16H12BrN3O2S2/c17-13-7-6-12(24-13)16(22)20-19-15(21)11-9-23-14(18-11)8-10-4-2-1-3-5-10/h1-7,9H,8H2,(H,19,21)(H,20,22). The summed E-state index contributed by atoms with van der Waals surface area (Å²) in [5.74, 6) is -0.798. The summed E-state index contributed by atoms with van der Waals surface area (Å²) in [5, 5.41) is 2.53. The summed E-state index contributed by atoms with van der Waals surface area (Å²) in [4.78, 5) is 28.8. The maximum Gasteiger partial charge on any atom is 0.289 e. The number of rotatable bonds is 4. The number of aromatic nitrogens is 1. The number of carbonyl (C=O) groups is 2. The Morgan fingerprint density at radius 2 is 1.79 bits per heavy atom. The third-order valence-corrected chi connectivity index (χ3v) is 5.54. The number of thiophene rings is 1. The molecular formula is C16H12BrN3O2S2. The molecule has 2 amide bonds. The maximum atomic E-state index is 12.1. The minimum Gasteiger partial charge on any atom is -0.266 e. The number of hydrazine groups is 1. The average molecular weight is 422 g/mol. The number of benzene rings is 1. The molecule has 0 saturated carbocycles. The van der Waals surface area contributed by atoms with E-state index in [4.69, 9.17) is 0 Å². The lowest BCUT2D eigenvalue weighted by molar-refractivity contribution is 0.0846. The molecule has 0 aliphatic carbocycles. The van der Waals surface area contributed by atoms with Gasteiger partial charge in [-0.05, 0) is 33.6 Å². The predicted molar refractivity (Wildman–Crippen MR) is 98.3 cm³/mol. The summed E-state index contributed by atoms with van der Waals surface area (Å²) < 4.78 is 0.851. The van der Waals surface area contributed by atoms with Crippen molar-refractivity contribution in [3.8, 4) is 0 Å². The van der Waals surface area contributed by atoms with Crippen LogP contribution in [0.3, 0.4) is 0 Å². The summed E-state index contributed by atoms with van der Waals surface area (Å²) in [6.07, 6.45) is 0.675. The molecule has 2 N–H and O–H groups in total. The van der Waals surface area contributed by atoms with E-state index in [2.05, 4.69) is 31.8 Å². The van der Waals surface area contributed by atoms with Crippen LogP contribution >= 0.6 is 38.6 Å². The first-order valence-electron chi connectivity index (χ1n) is 6.96. The number of hydrogen-bond donors (Lipinski definition) is 2. The van der Waals surface area contributed by atoms with E-state index in [-0.39, 0.29) is 5.91 Å². The van der Waals surface area contributed by atoms with Crippen LogP contribution in [0.4, 0.5) is 0 Å². The van der Waals surface area contributed by atoms with Gasteiger partial charge in [-0.25, -0.2) is 4.98 Å². The number of carbonyl (C=O) groups excluding carboxylic acids is 2. The van der Waals surface area contributed by atoms with Crippen molar-refractivity contribution in [3.05, 3.63) is 72.8 Å². The Kier molecular flexibility index (Phi) is 5.39. The third-order valence-electron chi connectivity index (χ3n) is 3.07. The van der Waals surface area contributed by atoms with E-state index in [1.165, 1.54) is 22.7 Å². The first-order chi connectivity index (χ1) is 11.6. The fourth-order valence-electron chi connectivity index (χ4n) is 1.94. The molecule has 1 aromatic carbocycles. The van der Waals surface area contributed by atoms with Gasteiger partial charge in [0, 0.05) is 11.8 Å². The zero-order valence-corrected chi connectivity index (χ0v) is 15.5. The van der Waals surface area contributed by atoms with Crippen LogP contribution < -0.4 is 10.9 Å². The Labute approximate surface area is 154 Å². The van der Waals surface area contributed by atoms with Crippen molar-refractivity contribution in [2.24, 2.45) is 0 Å². The molecule has 3 aromatic rings. The smallest absolute Gasteiger partial charge is 0.266 e. The second kappa shape index (κ2) is 7.69. The minimum absolute atomic E-state index is 0.290. The second-order valence-electron chi connectivity index (χ2n) is 4.80. The third kappa shape index (κ3) is 4.28. The zero-order valence-electron chi connectivity index (χ0n) is 12.3. The number of halogens is 1. The van der Waals surface area contributed by atoms with Gasteiger partial charge in [0.15, 0.2) is 0 Å². The topological polar surface area (TPSA) is 71.1 Å². The van der Waals surface area contributed by atoms with E-state index >= 15 is 0 Å². The summed E-state index contributed by atoms with van der Waals surface area (Å²) in [6, 6.07) is 13.4. The van der Waals surface area contributed by atoms with Crippen LogP contribution in [0, 0.1) is 0 Å². The van der Waals surface area contributed by atoms with Crippen molar-refractivity contribution in [1.29, 1.82) is 0 Å². The monoisotopic (exact) mass is 421 g/mol. The highest BCUT2D eigenvalue weighted by molar-refractivity contribution is 9.11. The Balaban J connectivity index is 1.57. The van der Waals surface area contributed by atoms with Crippen LogP contribution in [-0.4, -0.2) is 16.8 Å². The molecule has 0 spiro atoms. The summed E-state index contributed by atoms with van der Waals surface area (Å²) in [6.45, 7) is 0. The highest BCUT2D eigenvalue weighted by atomic mass is 79.9. The van der Waals surface area contributed by atoms with E-state index in [1.807, 2.05) is 30.3 Å². The lowest BCUT2D eigenvalue weighted by atomic mass is 10.2. The number of amides is 2. The van der Waals surface area contributed by atoms with Crippen LogP contribution in [0.15, 0.2) is 51.6 Å². The Hall–Kier alpha value is -2.03. The van der Waals surface area contributed by atoms with Crippen molar-refractivity contribution >= 4 is 50.4 Å². The molecule has 24 heavy (non-hydrogen) atoms. The highest BCUT2D eigenvalue weighted by Gasteiger charge is 2.13. The number of thiazole rings is 1. The SMILES string of the molecule is O=C(NNC(=O)c1ccc(Br)s1)c1csc(Cc2ccccc2)n1. The van der Waals surface area contributed by atoms with Gasteiger partial charge in [-0.2, -0.15) is 0 Å². The molecule has 122 valence electrons. The Bertz CT molecular complexity index is 861. The van der Waals surface area contributed by atoms with Gasteiger partial charge in [0.25, 0.3) is 11.8 Å². The molecule has 3 rings (SSSR count). The van der Waals surface area contributed by atoms with E-state index < -0.39 is 5.91 Å². The lowest BCUT2D eigenvalue weighted by Gasteiger charge is -2.04. The van der Waals surface area contributed by atoms with Crippen LogP contribution in [0.25, 0.3) is 0 Å². The summed E-state index contributed by atoms with van der Waals surface area (Å²) in [7, 11) is 0. The molecule has 0 fully saturated rings. The fraction of sp³-hybridized carbons (Fsp3) is 0.0625. The van der Waals surface area contributed by atoms with Gasteiger partial charge in [0.05, 0.1) is 13.7 Å². The van der Waals surface area contributed by atoms with Gasteiger partial charge >= 0.3 is 0 Å². The van der Waals surface area contributed by atoms with Crippen molar-refractivity contribution in [2.45, 2.75) is 6.42 Å². The number of nitrogens with zero attached hydrogens (tertiary/aromatic N) is 1. The minimum atomic E-state index is -0.436. The van der Waals surface area contributed by atoms with Gasteiger partial charge in [0.1, 0.15) is 5.69 Å². The van der Waals surface area contributed by atoms with Gasteiger partial charge < -0.3 is 0 Å². The Morgan fingerprint density at radius 3 is 2.50 bits per heavy atom. The second-order valence-corrected chi connectivity index (χ2v) is 8.21. The molecule has 5 nitrogen and oxygen atoms in total. The lowest BCUT2D eigenvalue weighted by Crippen LogP contribution is -2.41. The molecule has 0 saturated heterocycles. The van der Waals surface area contributed by atoms with Crippen LogP contribution in [0.5, 0.6) is 0 Å². The predicted octanol–water partition coefficient (Wildman–Crippen LogP) is 3.63. The first-order valence-corrected chi connectivity index (χ1v) is 9.45. The molecule has 0 aliphatic heterocycles. The van der Waals surface area contributed by atoms with E-state index in [0.29, 0.717) is 17.0 Å². The van der Waals surface area contributed by atoms with Gasteiger partial charge in [-0.3, -0.25) is 20.4 Å². The van der Waals surface area contributed by atoms with E-state index in [1.54, 1.807) is 17.5 Å². The van der Waals surface area contributed by atoms with Gasteiger partial charge in [-0.1, -0.05) is 30.3 Å². The maximum absolute atomic E-state index is 12.1. The highest BCUT2D eigenvalue weighted by Crippen LogP contribution is 2.21. The molecule has 0 unspecified atom stereocenters. The molecular weight excluding hydrogens is 410 g/mol. The zero-order chi connectivity index (χ0) is 16.9. The Morgan fingerprint density at radius 1 is 1.04 bits per heavy atom. The summed E-state index contributed by atoms with van der Waals surface area (Å²) in [5.41, 5.74) is 6.19. The van der Waals surface area contributed by atoms with Crippen molar-refractivity contribution in [1.82, 2.24) is 15.8 Å². The number of hydrogen-bond acceptors (Lipinski definition) is 5. The molecule has 0 atom stereocenters. The van der Waals surface area contributed by atoms with Crippen molar-refractivity contribution < 1.29 is 9.59 Å². The molecule has 2 aromatic heterocycles. The molecule has 8 heteroatoms. The molecule has 0 bridgehead atoms. The largest absolute Gasteiger partial charge is 0.289 e. The van der Waals surface area contributed by atoms with Crippen LogP contribution in [0.1, 0.15) is 30.7 Å². The van der Waals surface area contributed by atoms with Gasteiger partial charge in [0.2, 0.25) is 0 Å². The van der Waals surface area contributed by atoms with E-state index in [9.17, 15) is 9.59 Å². The summed E-state index contributed by atoms with van der Waals surface area (Å²) >= 11 is 6.00. The van der Waals surface area contributed by atoms with Crippen molar-refractivity contribution in [3.63, 3.8) is 0 Å².